The van der Waals surface area contributed by atoms with Gasteiger partial charge in [0, 0.05) is 6.54 Å². The lowest BCUT2D eigenvalue weighted by molar-refractivity contribution is 0.581. The fourth-order valence-corrected chi connectivity index (χ4v) is 3.75. The first-order valence-corrected chi connectivity index (χ1v) is 9.36. The molecule has 0 unspecified atom stereocenters. The number of sulfonamides is 1. The molecule has 0 aliphatic rings. The highest BCUT2D eigenvalue weighted by Crippen LogP contribution is 2.16. The number of H-pyrrole nitrogens is 1. The molecule has 0 amide bonds. The second-order valence-electron chi connectivity index (χ2n) is 6.07. The van der Waals surface area contributed by atoms with Gasteiger partial charge < -0.3 is 4.98 Å². The van der Waals surface area contributed by atoms with Crippen molar-refractivity contribution in [2.75, 3.05) is 6.54 Å². The van der Waals surface area contributed by atoms with Crippen molar-refractivity contribution in [3.8, 4) is 0 Å². The lowest BCUT2D eigenvalue weighted by atomic mass is 10.1. The molecule has 0 aliphatic heterocycles. The molecular weight excluding hydrogens is 322 g/mol. The van der Waals surface area contributed by atoms with E-state index in [-0.39, 0.29) is 0 Å². The topological polar surface area (TPSA) is 74.8 Å². The van der Waals surface area contributed by atoms with Gasteiger partial charge >= 0.3 is 0 Å². The van der Waals surface area contributed by atoms with Gasteiger partial charge in [0.15, 0.2) is 0 Å². The molecule has 3 aromatic rings. The van der Waals surface area contributed by atoms with Crippen molar-refractivity contribution in [2.45, 2.75) is 32.1 Å². The standard InChI is InChI=1S/C18H21N3O2S/c1-12-4-6-16(10-13(12)2)24(22,23)19-9-8-15-5-7-17-18(11-15)21-14(3)20-17/h4-7,10-11,19H,8-9H2,1-3H3,(H,20,21). The van der Waals surface area contributed by atoms with E-state index in [0.717, 1.165) is 33.5 Å². The van der Waals surface area contributed by atoms with Crippen LogP contribution in [-0.4, -0.2) is 24.9 Å². The molecule has 0 saturated carbocycles. The van der Waals surface area contributed by atoms with Crippen molar-refractivity contribution in [1.82, 2.24) is 14.7 Å². The van der Waals surface area contributed by atoms with Crippen LogP contribution in [-0.2, 0) is 16.4 Å². The summed E-state index contributed by atoms with van der Waals surface area (Å²) in [6.45, 7) is 6.15. The fourth-order valence-electron chi connectivity index (χ4n) is 2.63. The van der Waals surface area contributed by atoms with Gasteiger partial charge in [0.2, 0.25) is 10.0 Å². The van der Waals surface area contributed by atoms with E-state index in [9.17, 15) is 8.42 Å². The first-order valence-electron chi connectivity index (χ1n) is 7.87. The molecule has 126 valence electrons. The van der Waals surface area contributed by atoms with Crippen molar-refractivity contribution in [3.63, 3.8) is 0 Å². The molecule has 0 radical (unpaired) electrons. The Labute approximate surface area is 142 Å². The summed E-state index contributed by atoms with van der Waals surface area (Å²) in [5.41, 5.74) is 5.01. The van der Waals surface area contributed by atoms with E-state index in [0.29, 0.717) is 17.9 Å². The Morgan fingerprint density at radius 2 is 1.83 bits per heavy atom. The monoisotopic (exact) mass is 343 g/mol. The average molecular weight is 343 g/mol. The summed E-state index contributed by atoms with van der Waals surface area (Å²) in [5.74, 6) is 0.873. The van der Waals surface area contributed by atoms with Gasteiger partial charge in [0.05, 0.1) is 15.9 Å². The summed E-state index contributed by atoms with van der Waals surface area (Å²) in [5, 5.41) is 0. The van der Waals surface area contributed by atoms with Crippen LogP contribution in [0.25, 0.3) is 11.0 Å². The molecule has 0 fully saturated rings. The van der Waals surface area contributed by atoms with Crippen LogP contribution < -0.4 is 4.72 Å². The third-order valence-electron chi connectivity index (χ3n) is 4.16. The molecule has 0 spiro atoms. The molecule has 3 rings (SSSR count). The van der Waals surface area contributed by atoms with Crippen LogP contribution >= 0.6 is 0 Å². The zero-order chi connectivity index (χ0) is 17.3. The summed E-state index contributed by atoms with van der Waals surface area (Å²) in [4.78, 5) is 7.87. The van der Waals surface area contributed by atoms with E-state index in [1.54, 1.807) is 12.1 Å². The Kier molecular flexibility index (Phi) is 4.43. The van der Waals surface area contributed by atoms with Gasteiger partial charge in [-0.15, -0.1) is 0 Å². The Bertz CT molecular complexity index is 991. The van der Waals surface area contributed by atoms with Crippen LogP contribution in [0, 0.1) is 20.8 Å². The molecule has 0 bridgehead atoms. The number of nitrogens with zero attached hydrogens (tertiary/aromatic N) is 1. The summed E-state index contributed by atoms with van der Waals surface area (Å²) in [7, 11) is -3.48. The van der Waals surface area contributed by atoms with Crippen molar-refractivity contribution in [3.05, 3.63) is 58.9 Å². The number of rotatable bonds is 5. The largest absolute Gasteiger partial charge is 0.342 e. The second-order valence-corrected chi connectivity index (χ2v) is 7.83. The smallest absolute Gasteiger partial charge is 0.240 e. The number of fused-ring (bicyclic) bond motifs is 1. The van der Waals surface area contributed by atoms with Crippen molar-refractivity contribution < 1.29 is 8.42 Å². The predicted octanol–water partition coefficient (Wildman–Crippen LogP) is 3.01. The maximum Gasteiger partial charge on any atom is 0.240 e. The van der Waals surface area contributed by atoms with E-state index >= 15 is 0 Å². The highest BCUT2D eigenvalue weighted by atomic mass is 32.2. The molecule has 0 aliphatic carbocycles. The second kappa shape index (κ2) is 6.37. The summed E-state index contributed by atoms with van der Waals surface area (Å²) in [6, 6.07) is 11.1. The molecule has 2 aromatic carbocycles. The number of aryl methyl sites for hydroxylation is 3. The minimum Gasteiger partial charge on any atom is -0.342 e. The third kappa shape index (κ3) is 3.49. The van der Waals surface area contributed by atoms with Gasteiger partial charge in [-0.1, -0.05) is 12.1 Å². The molecule has 0 saturated heterocycles. The first kappa shape index (κ1) is 16.7. The van der Waals surface area contributed by atoms with Crippen LogP contribution in [0.1, 0.15) is 22.5 Å². The van der Waals surface area contributed by atoms with E-state index < -0.39 is 10.0 Å². The highest BCUT2D eigenvalue weighted by Gasteiger charge is 2.14. The number of hydrogen-bond acceptors (Lipinski definition) is 3. The lowest BCUT2D eigenvalue weighted by Gasteiger charge is -2.09. The minimum absolute atomic E-state index is 0.310. The molecular formula is C18H21N3O2S. The normalized spacial score (nSPS) is 12.0. The van der Waals surface area contributed by atoms with Gasteiger partial charge in [-0.25, -0.2) is 18.1 Å². The zero-order valence-electron chi connectivity index (χ0n) is 14.1. The van der Waals surface area contributed by atoms with E-state index in [1.807, 2.05) is 45.0 Å². The van der Waals surface area contributed by atoms with Gasteiger partial charge in [0.1, 0.15) is 5.82 Å². The molecule has 5 nitrogen and oxygen atoms in total. The maximum atomic E-state index is 12.4. The molecule has 24 heavy (non-hydrogen) atoms. The van der Waals surface area contributed by atoms with Crippen molar-refractivity contribution in [2.24, 2.45) is 0 Å². The Balaban J connectivity index is 1.68. The van der Waals surface area contributed by atoms with Crippen LogP contribution in [0.5, 0.6) is 0 Å². The molecule has 2 N–H and O–H groups in total. The molecule has 6 heteroatoms. The van der Waals surface area contributed by atoms with Crippen molar-refractivity contribution >= 4 is 21.1 Å². The Hall–Kier alpha value is -2.18. The summed E-state index contributed by atoms with van der Waals surface area (Å²) >= 11 is 0. The van der Waals surface area contributed by atoms with Crippen LogP contribution in [0.3, 0.4) is 0 Å². The summed E-state index contributed by atoms with van der Waals surface area (Å²) in [6.07, 6.45) is 0.623. The third-order valence-corrected chi connectivity index (χ3v) is 5.62. The van der Waals surface area contributed by atoms with Crippen molar-refractivity contribution in [1.29, 1.82) is 0 Å². The zero-order valence-corrected chi connectivity index (χ0v) is 14.9. The fraction of sp³-hybridized carbons (Fsp3) is 0.278. The van der Waals surface area contributed by atoms with Crippen LogP contribution in [0.15, 0.2) is 41.3 Å². The van der Waals surface area contributed by atoms with Gasteiger partial charge in [0.25, 0.3) is 0 Å². The number of benzene rings is 2. The predicted molar refractivity (Wildman–Crippen MR) is 95.6 cm³/mol. The number of aromatic amines is 1. The molecule has 1 aromatic heterocycles. The number of hydrogen-bond donors (Lipinski definition) is 2. The first-order chi connectivity index (χ1) is 11.3. The summed E-state index contributed by atoms with van der Waals surface area (Å²) < 4.78 is 27.4. The lowest BCUT2D eigenvalue weighted by Crippen LogP contribution is -2.26. The maximum absolute atomic E-state index is 12.4. The van der Waals surface area contributed by atoms with E-state index in [2.05, 4.69) is 14.7 Å². The minimum atomic E-state index is -3.48. The number of imidazole rings is 1. The van der Waals surface area contributed by atoms with Gasteiger partial charge in [-0.05, 0) is 68.1 Å². The van der Waals surface area contributed by atoms with Gasteiger partial charge in [-0.2, -0.15) is 0 Å². The average Bonchev–Trinajstić information content (AvgIpc) is 2.89. The quantitative estimate of drug-likeness (QED) is 0.748. The number of aromatic nitrogens is 2. The molecule has 0 atom stereocenters. The van der Waals surface area contributed by atoms with E-state index in [1.165, 1.54) is 0 Å². The highest BCUT2D eigenvalue weighted by molar-refractivity contribution is 7.89. The van der Waals surface area contributed by atoms with Gasteiger partial charge in [-0.3, -0.25) is 0 Å². The van der Waals surface area contributed by atoms with Crippen LogP contribution in [0.4, 0.5) is 0 Å². The SMILES string of the molecule is Cc1nc2ccc(CCNS(=O)(=O)c3ccc(C)c(C)c3)cc2[nH]1. The number of nitrogens with one attached hydrogen (secondary N) is 2. The molecule has 1 heterocycles. The van der Waals surface area contributed by atoms with Crippen LogP contribution in [0.2, 0.25) is 0 Å². The Morgan fingerprint density at radius 3 is 2.58 bits per heavy atom. The Morgan fingerprint density at radius 1 is 1.04 bits per heavy atom. The van der Waals surface area contributed by atoms with E-state index in [4.69, 9.17) is 0 Å².